The number of hydrogen-bond acceptors (Lipinski definition) is 18. The summed E-state index contributed by atoms with van der Waals surface area (Å²) in [5, 5.41) is 121. The van der Waals surface area contributed by atoms with Gasteiger partial charge in [-0.15, -0.1) is 0 Å². The van der Waals surface area contributed by atoms with Crippen molar-refractivity contribution < 1.29 is 89.4 Å². The van der Waals surface area contributed by atoms with Gasteiger partial charge in [-0.2, -0.15) is 0 Å². The molecule has 0 aliphatic carbocycles. The average molecular weight is 1410 g/mol. The van der Waals surface area contributed by atoms with E-state index in [0.717, 1.165) is 44.9 Å². The molecule has 0 spiro atoms. The van der Waals surface area contributed by atoms with Crippen LogP contribution < -0.4 is 5.32 Å². The second-order valence-corrected chi connectivity index (χ2v) is 29.2. The molecule has 12 N–H and O–H groups in total. The van der Waals surface area contributed by atoms with Crippen LogP contribution in [0.25, 0.3) is 0 Å². The van der Waals surface area contributed by atoms with Gasteiger partial charge in [0, 0.05) is 6.42 Å². The van der Waals surface area contributed by atoms with Crippen molar-refractivity contribution in [1.29, 1.82) is 0 Å². The van der Waals surface area contributed by atoms with Gasteiger partial charge in [0.25, 0.3) is 0 Å². The SMILES string of the molecule is CCCCCCCCC/C=C/CC/C=C/CC/C=C/C(O)C(COC1OC(CO)C(OC2OC(CO)C(OC3OC(CO)C(O)C(O)C3O)C(O)C2O)C(O)C1O)NC(=O)CCCCCCCCCCCCCCCCCCCCCCCCCCCCCCCCCCCCCCC. The first-order valence-corrected chi connectivity index (χ1v) is 40.7. The molecular weight excluding hydrogens is 1260 g/mol. The molecule has 0 saturated carbocycles. The fourth-order valence-corrected chi connectivity index (χ4v) is 13.9. The number of aliphatic hydroxyl groups is 11. The third-order valence-corrected chi connectivity index (χ3v) is 20.4. The predicted octanol–water partition coefficient (Wildman–Crippen LogP) is 13.5. The van der Waals surface area contributed by atoms with Crippen LogP contribution in [0.1, 0.15) is 335 Å². The first-order chi connectivity index (χ1) is 48.3. The van der Waals surface area contributed by atoms with Gasteiger partial charge < -0.3 is 89.9 Å². The maximum atomic E-state index is 13.4. The lowest BCUT2D eigenvalue weighted by molar-refractivity contribution is -0.379. The van der Waals surface area contributed by atoms with Gasteiger partial charge in [0.05, 0.1) is 38.6 Å². The first kappa shape index (κ1) is 91.2. The van der Waals surface area contributed by atoms with Gasteiger partial charge in [-0.25, -0.2) is 0 Å². The lowest BCUT2D eigenvalue weighted by Crippen LogP contribution is -2.66. The van der Waals surface area contributed by atoms with Crippen LogP contribution in [0.2, 0.25) is 0 Å². The zero-order valence-corrected chi connectivity index (χ0v) is 62.2. The Morgan fingerprint density at radius 3 is 1.01 bits per heavy atom. The molecule has 0 radical (unpaired) electrons. The maximum Gasteiger partial charge on any atom is 0.220 e. The monoisotopic (exact) mass is 1410 g/mol. The predicted molar refractivity (Wildman–Crippen MR) is 393 cm³/mol. The van der Waals surface area contributed by atoms with Crippen LogP contribution in [0.3, 0.4) is 0 Å². The maximum absolute atomic E-state index is 13.4. The molecule has 3 heterocycles. The summed E-state index contributed by atoms with van der Waals surface area (Å²) in [6, 6.07) is -0.995. The van der Waals surface area contributed by atoms with Gasteiger partial charge in [0.2, 0.25) is 5.91 Å². The van der Waals surface area contributed by atoms with Crippen molar-refractivity contribution in [2.75, 3.05) is 26.4 Å². The third-order valence-electron chi connectivity index (χ3n) is 20.4. The fourth-order valence-electron chi connectivity index (χ4n) is 13.9. The molecule has 99 heavy (non-hydrogen) atoms. The molecule has 19 heteroatoms. The summed E-state index contributed by atoms with van der Waals surface area (Å²) in [4.78, 5) is 13.4. The lowest BCUT2D eigenvalue weighted by atomic mass is 9.96. The summed E-state index contributed by atoms with van der Waals surface area (Å²) in [6.07, 6.45) is 48.8. The van der Waals surface area contributed by atoms with Crippen LogP contribution in [-0.2, 0) is 33.2 Å². The van der Waals surface area contributed by atoms with Crippen molar-refractivity contribution in [2.24, 2.45) is 0 Å². The summed E-state index contributed by atoms with van der Waals surface area (Å²) in [5.74, 6) is -0.283. The highest BCUT2D eigenvalue weighted by Crippen LogP contribution is 2.33. The van der Waals surface area contributed by atoms with Crippen LogP contribution in [0.4, 0.5) is 0 Å². The Bertz CT molecular complexity index is 1930. The first-order valence-electron chi connectivity index (χ1n) is 40.7. The van der Waals surface area contributed by atoms with Gasteiger partial charge in [-0.1, -0.05) is 320 Å². The zero-order valence-electron chi connectivity index (χ0n) is 62.2. The Morgan fingerprint density at radius 1 is 0.354 bits per heavy atom. The number of allylic oxidation sites excluding steroid dienone is 5. The Morgan fingerprint density at radius 2 is 0.646 bits per heavy atom. The van der Waals surface area contributed by atoms with Gasteiger partial charge in [0.15, 0.2) is 18.9 Å². The number of unbranched alkanes of at least 4 members (excludes halogenated alkanes) is 45. The van der Waals surface area contributed by atoms with E-state index >= 15 is 0 Å². The van der Waals surface area contributed by atoms with E-state index in [1.54, 1.807) is 6.08 Å². The molecule has 3 aliphatic heterocycles. The second-order valence-electron chi connectivity index (χ2n) is 29.2. The van der Waals surface area contributed by atoms with Gasteiger partial charge in [0.1, 0.15) is 73.2 Å². The molecule has 17 unspecified atom stereocenters. The molecule has 0 aromatic rings. The highest BCUT2D eigenvalue weighted by atomic mass is 16.8. The Hall–Kier alpha value is -1.99. The number of carbonyl (C=O) groups is 1. The Labute approximate surface area is 600 Å². The zero-order chi connectivity index (χ0) is 71.8. The van der Waals surface area contributed by atoms with Crippen molar-refractivity contribution in [3.8, 4) is 0 Å². The number of nitrogens with one attached hydrogen (secondary N) is 1. The van der Waals surface area contributed by atoms with Crippen LogP contribution >= 0.6 is 0 Å². The van der Waals surface area contributed by atoms with Crippen molar-refractivity contribution in [3.05, 3.63) is 36.5 Å². The fraction of sp³-hybridized carbons (Fsp3) is 0.912. The summed E-state index contributed by atoms with van der Waals surface area (Å²) >= 11 is 0. The second kappa shape index (κ2) is 61.2. The molecule has 19 nitrogen and oxygen atoms in total. The molecule has 1 amide bonds. The van der Waals surface area contributed by atoms with Crippen molar-refractivity contribution in [3.63, 3.8) is 0 Å². The highest BCUT2D eigenvalue weighted by Gasteiger charge is 2.54. The van der Waals surface area contributed by atoms with Gasteiger partial charge in [-0.3, -0.25) is 4.79 Å². The number of carbonyl (C=O) groups excluding carboxylic acids is 1. The van der Waals surface area contributed by atoms with Crippen molar-refractivity contribution in [2.45, 2.75) is 439 Å². The molecule has 0 bridgehead atoms. The largest absolute Gasteiger partial charge is 0.394 e. The number of ether oxygens (including phenoxy) is 6. The molecule has 582 valence electrons. The van der Waals surface area contributed by atoms with Gasteiger partial charge in [-0.05, 0) is 44.9 Å². The minimum atomic E-state index is -1.98. The van der Waals surface area contributed by atoms with E-state index in [1.807, 2.05) is 6.08 Å². The molecule has 3 aliphatic rings. The van der Waals surface area contributed by atoms with E-state index in [9.17, 15) is 61.0 Å². The topological polar surface area (TPSA) is 307 Å². The highest BCUT2D eigenvalue weighted by molar-refractivity contribution is 5.76. The summed E-state index contributed by atoms with van der Waals surface area (Å²) < 4.78 is 34.4. The third kappa shape index (κ3) is 41.5. The quantitative estimate of drug-likeness (QED) is 0.0199. The number of hydrogen-bond donors (Lipinski definition) is 12. The minimum absolute atomic E-state index is 0.236. The standard InChI is InChI=1S/C80H149NO18/c1-3-5-7-9-11-13-15-17-19-21-22-23-24-25-26-27-28-29-30-31-32-33-34-35-36-37-38-39-40-42-44-46-48-50-52-54-56-58-68(86)81-63(64(85)57-55-53-51-49-47-45-43-41-20-18-16-14-12-10-8-6-4-2)62-94-78-74(92)71(89)76(66(60-83)96-78)99-80-75(93)72(90)77(67(61-84)97-80)98-79-73(91)70(88)69(87)65(59-82)95-79/h20,41,47,49,55,57,63-67,69-80,82-85,87-93H,3-19,21-40,42-46,48,50-54,56,58-62H2,1-2H3,(H,81,86)/b41-20+,49-47+,57-55+. The average Bonchev–Trinajstić information content (AvgIpc) is 0.784. The Kier molecular flexibility index (Phi) is 56.4. The molecule has 3 rings (SSSR count). The number of aliphatic hydroxyl groups excluding tert-OH is 11. The Balaban J connectivity index is 1.32. The van der Waals surface area contributed by atoms with Crippen molar-refractivity contribution in [1.82, 2.24) is 5.32 Å². The molecular formula is C80H149NO18. The lowest BCUT2D eigenvalue weighted by Gasteiger charge is -2.48. The van der Waals surface area contributed by atoms with Crippen molar-refractivity contribution >= 4 is 5.91 Å². The number of rotatable bonds is 65. The number of amides is 1. The van der Waals surface area contributed by atoms with Crippen LogP contribution in [0.5, 0.6) is 0 Å². The van der Waals surface area contributed by atoms with E-state index < -0.39 is 124 Å². The van der Waals surface area contributed by atoms with E-state index in [-0.39, 0.29) is 18.9 Å². The molecule has 17 atom stereocenters. The van der Waals surface area contributed by atoms with E-state index in [0.29, 0.717) is 12.8 Å². The van der Waals surface area contributed by atoms with Crippen LogP contribution in [0.15, 0.2) is 36.5 Å². The van der Waals surface area contributed by atoms with Crippen LogP contribution in [-0.4, -0.2) is 193 Å². The smallest absolute Gasteiger partial charge is 0.220 e. The molecule has 0 aromatic carbocycles. The van der Waals surface area contributed by atoms with E-state index in [2.05, 4.69) is 43.5 Å². The van der Waals surface area contributed by atoms with Gasteiger partial charge >= 0.3 is 0 Å². The molecule has 3 fully saturated rings. The minimum Gasteiger partial charge on any atom is -0.394 e. The summed E-state index contributed by atoms with van der Waals surface area (Å²) in [5.41, 5.74) is 0. The van der Waals surface area contributed by atoms with Crippen LogP contribution in [0, 0.1) is 0 Å². The van der Waals surface area contributed by atoms with E-state index in [1.165, 1.54) is 257 Å². The molecule has 0 aromatic heterocycles. The molecule has 3 saturated heterocycles. The summed E-state index contributed by atoms with van der Waals surface area (Å²) in [6.45, 7) is 1.74. The normalized spacial score (nSPS) is 26.7. The summed E-state index contributed by atoms with van der Waals surface area (Å²) in [7, 11) is 0. The van der Waals surface area contributed by atoms with E-state index in [4.69, 9.17) is 28.4 Å².